The fraction of sp³-hybridized carbons (Fsp3) is 0.750. The Bertz CT molecular complexity index is 313. The van der Waals surface area contributed by atoms with Gasteiger partial charge in [-0.25, -0.2) is 0 Å². The highest BCUT2D eigenvalue weighted by Gasteiger charge is 2.29. The van der Waals surface area contributed by atoms with Gasteiger partial charge in [-0.05, 0) is 32.7 Å². The van der Waals surface area contributed by atoms with Gasteiger partial charge in [-0.3, -0.25) is 4.68 Å². The SMILES string of the molecule is CCCNCc1cnn(CC)c1C1CC1. The van der Waals surface area contributed by atoms with Crippen LogP contribution in [-0.4, -0.2) is 16.3 Å². The number of nitrogens with one attached hydrogen (secondary N) is 1. The molecule has 1 aliphatic rings. The zero-order valence-electron chi connectivity index (χ0n) is 9.79. The van der Waals surface area contributed by atoms with E-state index in [4.69, 9.17) is 0 Å². The van der Waals surface area contributed by atoms with Gasteiger partial charge >= 0.3 is 0 Å². The van der Waals surface area contributed by atoms with Crippen molar-refractivity contribution in [2.45, 2.75) is 52.1 Å². The minimum Gasteiger partial charge on any atom is -0.313 e. The summed E-state index contributed by atoms with van der Waals surface area (Å²) in [6.07, 6.45) is 5.94. The molecule has 1 aliphatic carbocycles. The van der Waals surface area contributed by atoms with E-state index in [9.17, 15) is 0 Å². The molecule has 2 rings (SSSR count). The molecule has 0 saturated heterocycles. The summed E-state index contributed by atoms with van der Waals surface area (Å²) in [6, 6.07) is 0. The van der Waals surface area contributed by atoms with Crippen LogP contribution in [0.2, 0.25) is 0 Å². The first-order valence-corrected chi connectivity index (χ1v) is 6.12. The van der Waals surface area contributed by atoms with Crippen LogP contribution < -0.4 is 5.32 Å². The molecular formula is C12H21N3. The number of hydrogen-bond acceptors (Lipinski definition) is 2. The first-order chi connectivity index (χ1) is 7.36. The molecule has 0 spiro atoms. The van der Waals surface area contributed by atoms with E-state index in [1.807, 2.05) is 6.20 Å². The zero-order chi connectivity index (χ0) is 10.7. The van der Waals surface area contributed by atoms with Gasteiger partial charge in [0.25, 0.3) is 0 Å². The Hall–Kier alpha value is -0.830. The first kappa shape index (κ1) is 10.7. The molecule has 1 saturated carbocycles. The third-order valence-corrected chi connectivity index (χ3v) is 2.97. The second kappa shape index (κ2) is 4.79. The van der Waals surface area contributed by atoms with Crippen LogP contribution in [0.4, 0.5) is 0 Å². The molecule has 3 nitrogen and oxygen atoms in total. The molecule has 1 fully saturated rings. The molecular weight excluding hydrogens is 186 g/mol. The third-order valence-electron chi connectivity index (χ3n) is 2.97. The van der Waals surface area contributed by atoms with Gasteiger partial charge in [-0.15, -0.1) is 0 Å². The Morgan fingerprint density at radius 3 is 2.87 bits per heavy atom. The molecule has 1 aromatic rings. The van der Waals surface area contributed by atoms with Crippen LogP contribution in [0.25, 0.3) is 0 Å². The van der Waals surface area contributed by atoms with E-state index in [1.54, 1.807) is 0 Å². The molecule has 0 atom stereocenters. The topological polar surface area (TPSA) is 29.9 Å². The van der Waals surface area contributed by atoms with E-state index in [1.165, 1.54) is 30.5 Å². The third kappa shape index (κ3) is 2.40. The van der Waals surface area contributed by atoms with Gasteiger partial charge in [0, 0.05) is 30.3 Å². The van der Waals surface area contributed by atoms with Gasteiger partial charge in [0.1, 0.15) is 0 Å². The predicted octanol–water partition coefficient (Wildman–Crippen LogP) is 2.28. The predicted molar refractivity (Wildman–Crippen MR) is 61.9 cm³/mol. The standard InChI is InChI=1S/C12H21N3/c1-3-7-13-8-11-9-14-15(4-2)12(11)10-5-6-10/h9-10,13H,3-8H2,1-2H3. The van der Waals surface area contributed by atoms with Crippen molar-refractivity contribution in [2.24, 2.45) is 0 Å². The smallest absolute Gasteiger partial charge is 0.0537 e. The summed E-state index contributed by atoms with van der Waals surface area (Å²) in [5, 5.41) is 7.91. The summed E-state index contributed by atoms with van der Waals surface area (Å²) >= 11 is 0. The Morgan fingerprint density at radius 1 is 1.47 bits per heavy atom. The average molecular weight is 207 g/mol. The van der Waals surface area contributed by atoms with E-state index in [-0.39, 0.29) is 0 Å². The lowest BCUT2D eigenvalue weighted by molar-refractivity contribution is 0.615. The Morgan fingerprint density at radius 2 is 2.27 bits per heavy atom. The van der Waals surface area contributed by atoms with Crippen molar-refractivity contribution >= 4 is 0 Å². The van der Waals surface area contributed by atoms with Crippen LogP contribution in [0, 0.1) is 0 Å². The molecule has 3 heteroatoms. The van der Waals surface area contributed by atoms with Gasteiger partial charge in [-0.1, -0.05) is 6.92 Å². The maximum Gasteiger partial charge on any atom is 0.0537 e. The van der Waals surface area contributed by atoms with Crippen molar-refractivity contribution < 1.29 is 0 Å². The minimum atomic E-state index is 0.797. The minimum absolute atomic E-state index is 0.797. The van der Waals surface area contributed by atoms with Crippen molar-refractivity contribution in [3.8, 4) is 0 Å². The van der Waals surface area contributed by atoms with Crippen molar-refractivity contribution in [3.05, 3.63) is 17.5 Å². The van der Waals surface area contributed by atoms with Crippen LogP contribution in [0.1, 0.15) is 50.3 Å². The molecule has 0 unspecified atom stereocenters. The zero-order valence-corrected chi connectivity index (χ0v) is 9.79. The lowest BCUT2D eigenvalue weighted by Crippen LogP contribution is -2.15. The maximum absolute atomic E-state index is 4.45. The summed E-state index contributed by atoms with van der Waals surface area (Å²) in [4.78, 5) is 0. The number of aryl methyl sites for hydroxylation is 1. The summed E-state index contributed by atoms with van der Waals surface area (Å²) in [7, 11) is 0. The van der Waals surface area contributed by atoms with Gasteiger partial charge in [-0.2, -0.15) is 5.10 Å². The van der Waals surface area contributed by atoms with E-state index < -0.39 is 0 Å². The quantitative estimate of drug-likeness (QED) is 0.725. The second-order valence-corrected chi connectivity index (χ2v) is 4.32. The van der Waals surface area contributed by atoms with Crippen LogP contribution in [-0.2, 0) is 13.1 Å². The largest absolute Gasteiger partial charge is 0.313 e. The van der Waals surface area contributed by atoms with Gasteiger partial charge in [0.15, 0.2) is 0 Å². The Labute approximate surface area is 91.9 Å². The van der Waals surface area contributed by atoms with E-state index in [2.05, 4.69) is 28.9 Å². The molecule has 1 heterocycles. The average Bonchev–Trinajstić information content (AvgIpc) is 3.00. The molecule has 0 aliphatic heterocycles. The maximum atomic E-state index is 4.45. The van der Waals surface area contributed by atoms with Crippen LogP contribution in [0.3, 0.4) is 0 Å². The van der Waals surface area contributed by atoms with Gasteiger partial charge < -0.3 is 5.32 Å². The molecule has 1 aromatic heterocycles. The lowest BCUT2D eigenvalue weighted by Gasteiger charge is -2.07. The summed E-state index contributed by atoms with van der Waals surface area (Å²) in [5.41, 5.74) is 2.90. The molecule has 0 amide bonds. The normalized spacial score (nSPS) is 15.9. The number of hydrogen-bond donors (Lipinski definition) is 1. The van der Waals surface area contributed by atoms with Gasteiger partial charge in [0.05, 0.1) is 6.20 Å². The molecule has 1 N–H and O–H groups in total. The van der Waals surface area contributed by atoms with Crippen LogP contribution >= 0.6 is 0 Å². The van der Waals surface area contributed by atoms with Crippen LogP contribution in [0.15, 0.2) is 6.20 Å². The first-order valence-electron chi connectivity index (χ1n) is 6.12. The van der Waals surface area contributed by atoms with Crippen molar-refractivity contribution in [1.29, 1.82) is 0 Å². The van der Waals surface area contributed by atoms with E-state index in [0.717, 1.165) is 25.6 Å². The Balaban J connectivity index is 2.05. The summed E-state index contributed by atoms with van der Waals surface area (Å²) in [5.74, 6) is 0.797. The lowest BCUT2D eigenvalue weighted by atomic mass is 10.1. The molecule has 15 heavy (non-hydrogen) atoms. The van der Waals surface area contributed by atoms with E-state index in [0.29, 0.717) is 0 Å². The molecule has 84 valence electrons. The fourth-order valence-corrected chi connectivity index (χ4v) is 2.05. The van der Waals surface area contributed by atoms with Crippen LogP contribution in [0.5, 0.6) is 0 Å². The molecule has 0 bridgehead atoms. The summed E-state index contributed by atoms with van der Waals surface area (Å²) in [6.45, 7) is 7.45. The number of nitrogens with zero attached hydrogens (tertiary/aromatic N) is 2. The van der Waals surface area contributed by atoms with Crippen molar-refractivity contribution in [2.75, 3.05) is 6.54 Å². The number of aromatic nitrogens is 2. The highest BCUT2D eigenvalue weighted by molar-refractivity contribution is 5.25. The highest BCUT2D eigenvalue weighted by atomic mass is 15.3. The highest BCUT2D eigenvalue weighted by Crippen LogP contribution is 2.41. The summed E-state index contributed by atoms with van der Waals surface area (Å²) < 4.78 is 2.17. The fourth-order valence-electron chi connectivity index (χ4n) is 2.05. The van der Waals surface area contributed by atoms with Gasteiger partial charge in [0.2, 0.25) is 0 Å². The number of rotatable bonds is 6. The molecule has 0 aromatic carbocycles. The molecule has 0 radical (unpaired) electrons. The van der Waals surface area contributed by atoms with E-state index >= 15 is 0 Å². The van der Waals surface area contributed by atoms with Crippen molar-refractivity contribution in [3.63, 3.8) is 0 Å². The monoisotopic (exact) mass is 207 g/mol. The Kier molecular flexibility index (Phi) is 3.41. The second-order valence-electron chi connectivity index (χ2n) is 4.32. The van der Waals surface area contributed by atoms with Crippen molar-refractivity contribution in [1.82, 2.24) is 15.1 Å².